The molecule has 2 rings (SSSR count). The van der Waals surface area contributed by atoms with Crippen molar-refractivity contribution in [1.82, 2.24) is 9.96 Å². The van der Waals surface area contributed by atoms with Gasteiger partial charge in [0.15, 0.2) is 0 Å². The van der Waals surface area contributed by atoms with Crippen LogP contribution < -0.4 is 0 Å². The molecular weight excluding hydrogens is 210 g/mol. The molecule has 0 aromatic carbocycles. The molecule has 0 spiro atoms. The molecule has 6 heteroatoms. The smallest absolute Gasteiger partial charge is 0.288 e. The first-order chi connectivity index (χ1) is 7.74. The summed E-state index contributed by atoms with van der Waals surface area (Å²) < 4.78 is 0. The molecule has 6 nitrogen and oxygen atoms in total. The van der Waals surface area contributed by atoms with Gasteiger partial charge in [0.25, 0.3) is 5.70 Å². The zero-order valence-electron chi connectivity index (χ0n) is 9.52. The van der Waals surface area contributed by atoms with Crippen molar-refractivity contribution in [3.63, 3.8) is 0 Å². The molecule has 0 bridgehead atoms. The van der Waals surface area contributed by atoms with Gasteiger partial charge in [0.2, 0.25) is 5.82 Å². The normalized spacial score (nSPS) is 20.3. The fraction of sp³-hybridized carbons (Fsp3) is 0.800. The molecule has 2 aliphatic heterocycles. The van der Waals surface area contributed by atoms with Crippen LogP contribution in [0.2, 0.25) is 0 Å². The van der Waals surface area contributed by atoms with Gasteiger partial charge in [-0.25, -0.2) is 5.06 Å². The molecule has 90 valence electrons. The molecule has 0 aromatic heterocycles. The highest BCUT2D eigenvalue weighted by Crippen LogP contribution is 2.29. The van der Waals surface area contributed by atoms with Crippen LogP contribution in [0, 0.1) is 10.1 Å². The highest BCUT2D eigenvalue weighted by atomic mass is 16.7. The average Bonchev–Trinajstić information content (AvgIpc) is 2.69. The Labute approximate surface area is 94.6 Å². The second-order valence-electron chi connectivity index (χ2n) is 4.05. The summed E-state index contributed by atoms with van der Waals surface area (Å²) in [6, 6.07) is 0. The van der Waals surface area contributed by atoms with Gasteiger partial charge in [-0.1, -0.05) is 6.92 Å². The fourth-order valence-electron chi connectivity index (χ4n) is 2.17. The maximum absolute atomic E-state index is 11.0. The van der Waals surface area contributed by atoms with E-state index in [0.717, 1.165) is 32.5 Å². The number of nitrogens with zero attached hydrogens (tertiary/aromatic N) is 3. The number of fused-ring (bicyclic) bond motifs is 1. The van der Waals surface area contributed by atoms with Gasteiger partial charge < -0.3 is 4.90 Å². The van der Waals surface area contributed by atoms with Crippen LogP contribution in [0.5, 0.6) is 0 Å². The molecule has 0 unspecified atom stereocenters. The lowest BCUT2D eigenvalue weighted by atomic mass is 10.1. The minimum Gasteiger partial charge on any atom is -0.349 e. The molecule has 2 aliphatic rings. The summed E-state index contributed by atoms with van der Waals surface area (Å²) in [6.07, 6.45) is 2.32. The number of nitro groups is 1. The van der Waals surface area contributed by atoms with Crippen molar-refractivity contribution >= 4 is 0 Å². The molecule has 16 heavy (non-hydrogen) atoms. The van der Waals surface area contributed by atoms with Crippen molar-refractivity contribution in [2.75, 3.05) is 26.2 Å². The molecule has 0 amide bonds. The third-order valence-corrected chi connectivity index (χ3v) is 2.88. The molecule has 0 aromatic rings. The Hall–Kier alpha value is -1.30. The molecule has 0 N–H and O–H groups in total. The monoisotopic (exact) mass is 227 g/mol. The quantitative estimate of drug-likeness (QED) is 0.533. The molecule has 0 atom stereocenters. The number of hydroxylamine groups is 2. The molecule has 0 aliphatic carbocycles. The lowest BCUT2D eigenvalue weighted by molar-refractivity contribution is -0.433. The van der Waals surface area contributed by atoms with E-state index in [1.807, 2.05) is 6.92 Å². The predicted octanol–water partition coefficient (Wildman–Crippen LogP) is 1.19. The molecular formula is C10H17N3O3. The van der Waals surface area contributed by atoms with E-state index in [4.69, 9.17) is 4.84 Å². The van der Waals surface area contributed by atoms with Gasteiger partial charge in [0.1, 0.15) is 0 Å². The highest BCUT2D eigenvalue weighted by molar-refractivity contribution is 5.11. The van der Waals surface area contributed by atoms with E-state index >= 15 is 0 Å². The SMILES string of the molecule is CCCON1CCN2CCCC([N+](=O)[O-])=C21. The van der Waals surface area contributed by atoms with E-state index in [0.29, 0.717) is 24.5 Å². The van der Waals surface area contributed by atoms with Crippen molar-refractivity contribution in [1.29, 1.82) is 0 Å². The van der Waals surface area contributed by atoms with E-state index in [1.54, 1.807) is 5.06 Å². The van der Waals surface area contributed by atoms with E-state index in [-0.39, 0.29) is 4.92 Å². The summed E-state index contributed by atoms with van der Waals surface area (Å²) in [5, 5.41) is 12.7. The lowest BCUT2D eigenvalue weighted by Gasteiger charge is -2.26. The number of allylic oxidation sites excluding steroid dienone is 1. The Bertz CT molecular complexity index is 316. The zero-order valence-corrected chi connectivity index (χ0v) is 9.52. The number of hydrogen-bond acceptors (Lipinski definition) is 5. The predicted molar refractivity (Wildman–Crippen MR) is 57.8 cm³/mol. The van der Waals surface area contributed by atoms with Crippen molar-refractivity contribution in [3.05, 3.63) is 21.6 Å². The first-order valence-electron chi connectivity index (χ1n) is 5.77. The second kappa shape index (κ2) is 4.69. The Morgan fingerprint density at radius 3 is 2.94 bits per heavy atom. The fourth-order valence-corrected chi connectivity index (χ4v) is 2.17. The van der Waals surface area contributed by atoms with Gasteiger partial charge in [0, 0.05) is 19.5 Å². The van der Waals surface area contributed by atoms with E-state index in [9.17, 15) is 10.1 Å². The van der Waals surface area contributed by atoms with Gasteiger partial charge >= 0.3 is 0 Å². The van der Waals surface area contributed by atoms with Crippen molar-refractivity contribution in [3.8, 4) is 0 Å². The van der Waals surface area contributed by atoms with Crippen LogP contribution in [0.3, 0.4) is 0 Å². The molecule has 0 saturated carbocycles. The van der Waals surface area contributed by atoms with E-state index in [2.05, 4.69) is 4.90 Å². The van der Waals surface area contributed by atoms with E-state index < -0.39 is 0 Å². The number of hydrogen-bond donors (Lipinski definition) is 0. The third kappa shape index (κ3) is 1.97. The Balaban J connectivity index is 2.19. The van der Waals surface area contributed by atoms with Crippen molar-refractivity contribution in [2.24, 2.45) is 0 Å². The molecule has 0 radical (unpaired) electrons. The summed E-state index contributed by atoms with van der Waals surface area (Å²) in [5.41, 5.74) is 0.305. The maximum Gasteiger partial charge on any atom is 0.288 e. The zero-order chi connectivity index (χ0) is 11.5. The van der Waals surface area contributed by atoms with Crippen molar-refractivity contribution in [2.45, 2.75) is 26.2 Å². The Morgan fingerprint density at radius 2 is 2.25 bits per heavy atom. The largest absolute Gasteiger partial charge is 0.349 e. The first kappa shape index (κ1) is 11.2. The Morgan fingerprint density at radius 1 is 1.44 bits per heavy atom. The Kier molecular flexibility index (Phi) is 3.28. The van der Waals surface area contributed by atoms with Crippen LogP contribution >= 0.6 is 0 Å². The van der Waals surface area contributed by atoms with Crippen LogP contribution in [0.4, 0.5) is 0 Å². The molecule has 1 saturated heterocycles. The second-order valence-corrected chi connectivity index (χ2v) is 4.05. The van der Waals surface area contributed by atoms with Gasteiger partial charge in [-0.15, -0.1) is 0 Å². The average molecular weight is 227 g/mol. The van der Waals surface area contributed by atoms with Crippen molar-refractivity contribution < 1.29 is 9.76 Å². The number of rotatable bonds is 4. The third-order valence-electron chi connectivity index (χ3n) is 2.88. The maximum atomic E-state index is 11.0. The highest BCUT2D eigenvalue weighted by Gasteiger charge is 2.36. The summed E-state index contributed by atoms with van der Waals surface area (Å²) in [7, 11) is 0. The van der Waals surface area contributed by atoms with E-state index in [1.165, 1.54) is 0 Å². The topological polar surface area (TPSA) is 58.8 Å². The molecule has 2 heterocycles. The van der Waals surface area contributed by atoms with Crippen LogP contribution in [-0.4, -0.2) is 41.1 Å². The molecule has 1 fully saturated rings. The van der Waals surface area contributed by atoms with Crippen LogP contribution in [0.15, 0.2) is 11.5 Å². The first-order valence-corrected chi connectivity index (χ1v) is 5.77. The minimum absolute atomic E-state index is 0.269. The minimum atomic E-state index is -0.269. The summed E-state index contributed by atoms with van der Waals surface area (Å²) in [6.45, 7) is 5.10. The van der Waals surface area contributed by atoms with Crippen LogP contribution in [-0.2, 0) is 4.84 Å². The van der Waals surface area contributed by atoms with Gasteiger partial charge in [0.05, 0.1) is 18.1 Å². The lowest BCUT2D eigenvalue weighted by Crippen LogP contribution is -2.31. The summed E-state index contributed by atoms with van der Waals surface area (Å²) >= 11 is 0. The summed E-state index contributed by atoms with van der Waals surface area (Å²) in [4.78, 5) is 18.3. The standard InChI is InChI=1S/C10H17N3O3/c1-2-8-16-12-7-6-11-5-3-4-9(10(11)12)13(14)15/h2-8H2,1H3. The van der Waals surface area contributed by atoms with Gasteiger partial charge in [-0.3, -0.25) is 15.0 Å². The van der Waals surface area contributed by atoms with Crippen LogP contribution in [0.25, 0.3) is 0 Å². The van der Waals surface area contributed by atoms with Gasteiger partial charge in [-0.05, 0) is 12.8 Å². The summed E-state index contributed by atoms with van der Waals surface area (Å²) in [5.74, 6) is 0.685. The van der Waals surface area contributed by atoms with Crippen LogP contribution in [0.1, 0.15) is 26.2 Å². The van der Waals surface area contributed by atoms with Gasteiger partial charge in [-0.2, -0.15) is 0 Å².